The van der Waals surface area contributed by atoms with Gasteiger partial charge in [-0.05, 0) is 25.1 Å². The Kier molecular flexibility index (Phi) is 3.28. The van der Waals surface area contributed by atoms with Crippen molar-refractivity contribution in [3.63, 3.8) is 0 Å². The van der Waals surface area contributed by atoms with Gasteiger partial charge in [0.2, 0.25) is 0 Å². The topological polar surface area (TPSA) is 55.0 Å². The Morgan fingerprint density at radius 1 is 1.25 bits per heavy atom. The summed E-state index contributed by atoms with van der Waals surface area (Å²) in [5.41, 5.74) is 10.9. The monoisotopic (exact) mass is 284 g/mol. The predicted octanol–water partition coefficient (Wildman–Crippen LogP) is 3.22. The molecule has 0 saturated carbocycles. The number of nitrogens with two attached hydrogens (primary N) is 1. The van der Waals surface area contributed by atoms with Gasteiger partial charge in [0.1, 0.15) is 0 Å². The van der Waals surface area contributed by atoms with Crippen molar-refractivity contribution in [3.05, 3.63) is 46.7 Å². The number of aryl methyl sites for hydroxylation is 1. The van der Waals surface area contributed by atoms with E-state index >= 15 is 0 Å². The molecule has 0 spiro atoms. The molecule has 4 nitrogen and oxygen atoms in total. The zero-order chi connectivity index (χ0) is 14.1. The molecule has 2 N–H and O–H groups in total. The fraction of sp³-hybridized carbons (Fsp3) is 0.200. The second-order valence-electron chi connectivity index (χ2n) is 4.81. The lowest BCUT2D eigenvalue weighted by Crippen LogP contribution is -2.16. The van der Waals surface area contributed by atoms with E-state index in [1.807, 2.05) is 30.8 Å². The molecule has 2 heterocycles. The van der Waals surface area contributed by atoms with Crippen molar-refractivity contribution in [3.8, 4) is 0 Å². The van der Waals surface area contributed by atoms with Crippen LogP contribution in [0.5, 0.6) is 0 Å². The van der Waals surface area contributed by atoms with Crippen LogP contribution in [0, 0.1) is 6.92 Å². The number of benzene rings is 1. The van der Waals surface area contributed by atoms with E-state index in [2.05, 4.69) is 28.0 Å². The van der Waals surface area contributed by atoms with Crippen LogP contribution >= 0.6 is 11.3 Å². The van der Waals surface area contributed by atoms with Gasteiger partial charge in [-0.2, -0.15) is 0 Å². The molecule has 20 heavy (non-hydrogen) atoms. The molecule has 0 radical (unpaired) electrons. The van der Waals surface area contributed by atoms with Crippen LogP contribution in [-0.2, 0) is 6.54 Å². The molecule has 102 valence electrons. The average Bonchev–Trinajstić information content (AvgIpc) is 2.85. The third-order valence-corrected chi connectivity index (χ3v) is 4.39. The Morgan fingerprint density at radius 3 is 2.85 bits per heavy atom. The number of hydrogen-bond donors (Lipinski definition) is 1. The minimum atomic E-state index is 0.786. The fourth-order valence-electron chi connectivity index (χ4n) is 2.31. The van der Waals surface area contributed by atoms with Gasteiger partial charge in [0, 0.05) is 46.5 Å². The van der Waals surface area contributed by atoms with E-state index in [1.54, 1.807) is 17.5 Å². The van der Waals surface area contributed by atoms with Crippen molar-refractivity contribution in [2.75, 3.05) is 17.7 Å². The Morgan fingerprint density at radius 2 is 2.10 bits per heavy atom. The van der Waals surface area contributed by atoms with Crippen LogP contribution in [0.2, 0.25) is 0 Å². The van der Waals surface area contributed by atoms with Crippen molar-refractivity contribution in [2.45, 2.75) is 13.5 Å². The lowest BCUT2D eigenvalue weighted by Gasteiger charge is -2.21. The van der Waals surface area contributed by atoms with Gasteiger partial charge in [-0.3, -0.25) is 4.98 Å². The summed E-state index contributed by atoms with van der Waals surface area (Å²) in [6.07, 6.45) is 3.65. The van der Waals surface area contributed by atoms with E-state index in [0.29, 0.717) is 0 Å². The number of rotatable bonds is 3. The van der Waals surface area contributed by atoms with Crippen molar-refractivity contribution in [1.29, 1.82) is 0 Å². The van der Waals surface area contributed by atoms with Gasteiger partial charge < -0.3 is 10.6 Å². The average molecular weight is 284 g/mol. The SMILES string of the molecule is Cc1ncsc1CN(C)c1ccc(N)c2ccncc12. The van der Waals surface area contributed by atoms with Crippen molar-refractivity contribution in [1.82, 2.24) is 9.97 Å². The first kappa shape index (κ1) is 12.9. The molecule has 5 heteroatoms. The first-order chi connectivity index (χ1) is 9.66. The molecule has 1 aromatic carbocycles. The van der Waals surface area contributed by atoms with E-state index < -0.39 is 0 Å². The standard InChI is InChI=1S/C15H16N4S/c1-10-15(20-9-18-10)8-19(2)14-4-3-13(16)11-5-6-17-7-12(11)14/h3-7,9H,8,16H2,1-2H3. The number of hydrogen-bond acceptors (Lipinski definition) is 5. The summed E-state index contributed by atoms with van der Waals surface area (Å²) < 4.78 is 0. The molecule has 0 fully saturated rings. The quantitative estimate of drug-likeness (QED) is 0.750. The number of nitrogen functional groups attached to an aromatic ring is 1. The van der Waals surface area contributed by atoms with E-state index in [9.17, 15) is 0 Å². The van der Waals surface area contributed by atoms with Crippen molar-refractivity contribution >= 4 is 33.5 Å². The first-order valence-electron chi connectivity index (χ1n) is 6.39. The van der Waals surface area contributed by atoms with Crippen LogP contribution in [0.25, 0.3) is 10.8 Å². The Labute approximate surface area is 121 Å². The molecule has 3 rings (SSSR count). The summed E-state index contributed by atoms with van der Waals surface area (Å²) in [5, 5.41) is 2.13. The number of thiazole rings is 1. The van der Waals surface area contributed by atoms with Gasteiger partial charge in [-0.1, -0.05) is 0 Å². The highest BCUT2D eigenvalue weighted by molar-refractivity contribution is 7.09. The van der Waals surface area contributed by atoms with E-state index in [1.165, 1.54) is 4.88 Å². The molecule has 0 aliphatic heterocycles. The number of pyridine rings is 1. The number of nitrogens with zero attached hydrogens (tertiary/aromatic N) is 3. The fourth-order valence-corrected chi connectivity index (χ4v) is 3.14. The minimum absolute atomic E-state index is 0.786. The molecule has 0 aliphatic carbocycles. The molecule has 0 aliphatic rings. The molecule has 3 aromatic rings. The Hall–Kier alpha value is -2.14. The maximum Gasteiger partial charge on any atom is 0.0798 e. The van der Waals surface area contributed by atoms with Gasteiger partial charge in [0.15, 0.2) is 0 Å². The number of anilines is 2. The third kappa shape index (κ3) is 2.20. The summed E-state index contributed by atoms with van der Waals surface area (Å²) in [7, 11) is 2.08. The van der Waals surface area contributed by atoms with Gasteiger partial charge in [-0.25, -0.2) is 4.98 Å². The highest BCUT2D eigenvalue weighted by Gasteiger charge is 2.11. The molecular weight excluding hydrogens is 268 g/mol. The summed E-state index contributed by atoms with van der Waals surface area (Å²) in [5.74, 6) is 0. The maximum absolute atomic E-state index is 6.03. The Balaban J connectivity index is 2.02. The van der Waals surface area contributed by atoms with Crippen molar-refractivity contribution in [2.24, 2.45) is 0 Å². The molecular formula is C15H16N4S. The summed E-state index contributed by atoms with van der Waals surface area (Å²) in [6.45, 7) is 2.88. The second kappa shape index (κ2) is 5.09. The summed E-state index contributed by atoms with van der Waals surface area (Å²) in [4.78, 5) is 12.0. The highest BCUT2D eigenvalue weighted by Crippen LogP contribution is 2.30. The van der Waals surface area contributed by atoms with E-state index in [-0.39, 0.29) is 0 Å². The van der Waals surface area contributed by atoms with Crippen LogP contribution in [0.3, 0.4) is 0 Å². The van der Waals surface area contributed by atoms with Crippen LogP contribution in [0.15, 0.2) is 36.1 Å². The zero-order valence-corrected chi connectivity index (χ0v) is 12.3. The summed E-state index contributed by atoms with van der Waals surface area (Å²) >= 11 is 1.69. The molecule has 0 unspecified atom stereocenters. The molecule has 0 bridgehead atoms. The largest absolute Gasteiger partial charge is 0.398 e. The molecule has 0 amide bonds. The lowest BCUT2D eigenvalue weighted by molar-refractivity contribution is 0.931. The van der Waals surface area contributed by atoms with Crippen molar-refractivity contribution < 1.29 is 0 Å². The highest BCUT2D eigenvalue weighted by atomic mass is 32.1. The number of fused-ring (bicyclic) bond motifs is 1. The molecule has 0 atom stereocenters. The maximum atomic E-state index is 6.03. The van der Waals surface area contributed by atoms with Gasteiger partial charge in [0.05, 0.1) is 17.7 Å². The third-order valence-electron chi connectivity index (χ3n) is 3.47. The first-order valence-corrected chi connectivity index (χ1v) is 7.27. The predicted molar refractivity (Wildman–Crippen MR) is 85.1 cm³/mol. The van der Waals surface area contributed by atoms with Crippen LogP contribution < -0.4 is 10.6 Å². The normalized spacial score (nSPS) is 10.9. The van der Waals surface area contributed by atoms with Crippen LogP contribution in [-0.4, -0.2) is 17.0 Å². The van der Waals surface area contributed by atoms with Gasteiger partial charge >= 0.3 is 0 Å². The van der Waals surface area contributed by atoms with E-state index in [4.69, 9.17) is 5.73 Å². The minimum Gasteiger partial charge on any atom is -0.398 e. The Bertz CT molecular complexity index is 750. The smallest absolute Gasteiger partial charge is 0.0798 e. The van der Waals surface area contributed by atoms with Crippen LogP contribution in [0.4, 0.5) is 11.4 Å². The van der Waals surface area contributed by atoms with Gasteiger partial charge in [0.25, 0.3) is 0 Å². The molecule has 2 aromatic heterocycles. The van der Waals surface area contributed by atoms with Crippen LogP contribution in [0.1, 0.15) is 10.6 Å². The zero-order valence-electron chi connectivity index (χ0n) is 11.5. The second-order valence-corrected chi connectivity index (χ2v) is 5.75. The van der Waals surface area contributed by atoms with Gasteiger partial charge in [-0.15, -0.1) is 11.3 Å². The lowest BCUT2D eigenvalue weighted by atomic mass is 10.1. The van der Waals surface area contributed by atoms with E-state index in [0.717, 1.165) is 34.4 Å². The summed E-state index contributed by atoms with van der Waals surface area (Å²) in [6, 6.07) is 5.96. The molecule has 0 saturated heterocycles. The number of aromatic nitrogens is 2.